The molecule has 146 valence electrons. The topological polar surface area (TPSA) is 143 Å². The van der Waals surface area contributed by atoms with Gasteiger partial charge in [0, 0.05) is 36.8 Å². The molecule has 0 unspecified atom stereocenters. The van der Waals surface area contributed by atoms with Gasteiger partial charge < -0.3 is 19.7 Å². The number of rotatable bonds is 5. The van der Waals surface area contributed by atoms with Crippen LogP contribution in [0.2, 0.25) is 0 Å². The minimum Gasteiger partial charge on any atom is -0.478 e. The molecule has 0 aliphatic carbocycles. The van der Waals surface area contributed by atoms with E-state index in [1.54, 1.807) is 17.0 Å². The normalized spacial score (nSPS) is 14.5. The van der Waals surface area contributed by atoms with E-state index in [4.69, 9.17) is 9.52 Å². The molecule has 0 radical (unpaired) electrons. The predicted octanol–water partition coefficient (Wildman–Crippen LogP) is 1.92. The first-order chi connectivity index (χ1) is 13.3. The summed E-state index contributed by atoms with van der Waals surface area (Å²) >= 11 is 0. The van der Waals surface area contributed by atoms with Gasteiger partial charge in [0.2, 0.25) is 0 Å². The Hall–Kier alpha value is -3.69. The van der Waals surface area contributed by atoms with E-state index in [0.29, 0.717) is 25.9 Å². The number of non-ortho nitro benzene ring substituents is 1. The van der Waals surface area contributed by atoms with Crippen molar-refractivity contribution >= 4 is 23.5 Å². The van der Waals surface area contributed by atoms with Crippen molar-refractivity contribution in [1.29, 1.82) is 0 Å². The van der Waals surface area contributed by atoms with Crippen molar-refractivity contribution in [2.45, 2.75) is 18.9 Å². The molecule has 0 spiro atoms. The SMILES string of the molecule is O=C(O)c1cc(C(=O)NC2CCN(C(=O)c3ccco3)CC2)cc([N+](=O)[O-])c1. The molecular weight excluding hydrogens is 370 g/mol. The number of nitro groups is 1. The lowest BCUT2D eigenvalue weighted by Crippen LogP contribution is -2.46. The number of benzene rings is 1. The molecule has 10 nitrogen and oxygen atoms in total. The highest BCUT2D eigenvalue weighted by Gasteiger charge is 2.26. The van der Waals surface area contributed by atoms with Crippen LogP contribution >= 0.6 is 0 Å². The second kappa shape index (κ2) is 7.91. The summed E-state index contributed by atoms with van der Waals surface area (Å²) < 4.78 is 5.09. The number of aromatic carboxylic acids is 1. The van der Waals surface area contributed by atoms with Gasteiger partial charge in [-0.2, -0.15) is 0 Å². The standard InChI is InChI=1S/C18H17N3O7/c22-16(11-8-12(18(24)25)10-14(9-11)21(26)27)19-13-3-5-20(6-4-13)17(23)15-2-1-7-28-15/h1-2,7-10,13H,3-6H2,(H,19,22)(H,24,25). The van der Waals surface area contributed by atoms with Gasteiger partial charge in [0.1, 0.15) is 0 Å². The molecule has 28 heavy (non-hydrogen) atoms. The fourth-order valence-electron chi connectivity index (χ4n) is 3.02. The highest BCUT2D eigenvalue weighted by atomic mass is 16.6. The Morgan fingerprint density at radius 1 is 1.18 bits per heavy atom. The second-order valence-corrected chi connectivity index (χ2v) is 6.35. The maximum absolute atomic E-state index is 12.4. The lowest BCUT2D eigenvalue weighted by atomic mass is 10.0. The Balaban J connectivity index is 1.64. The summed E-state index contributed by atoms with van der Waals surface area (Å²) in [6.45, 7) is 0.833. The Morgan fingerprint density at radius 2 is 1.86 bits per heavy atom. The summed E-state index contributed by atoms with van der Waals surface area (Å²) in [5, 5.41) is 22.8. The van der Waals surface area contributed by atoms with Gasteiger partial charge in [-0.1, -0.05) is 0 Å². The Kier molecular flexibility index (Phi) is 5.39. The van der Waals surface area contributed by atoms with Crippen molar-refractivity contribution in [3.8, 4) is 0 Å². The third-order valence-electron chi connectivity index (χ3n) is 4.49. The Bertz CT molecular complexity index is 883. The summed E-state index contributed by atoms with van der Waals surface area (Å²) in [4.78, 5) is 47.7. The van der Waals surface area contributed by atoms with Gasteiger partial charge in [-0.3, -0.25) is 19.7 Å². The number of carboxylic acids is 1. The molecule has 1 fully saturated rings. The molecule has 3 rings (SSSR count). The van der Waals surface area contributed by atoms with Crippen molar-refractivity contribution in [1.82, 2.24) is 10.2 Å². The number of furan rings is 1. The number of hydrogen-bond acceptors (Lipinski definition) is 6. The largest absolute Gasteiger partial charge is 0.478 e. The monoisotopic (exact) mass is 387 g/mol. The molecule has 2 N–H and O–H groups in total. The van der Waals surface area contributed by atoms with Gasteiger partial charge in [-0.25, -0.2) is 4.79 Å². The smallest absolute Gasteiger partial charge is 0.335 e. The molecule has 1 aromatic heterocycles. The minimum atomic E-state index is -1.36. The van der Waals surface area contributed by atoms with Crippen LogP contribution in [0.25, 0.3) is 0 Å². The van der Waals surface area contributed by atoms with E-state index in [0.717, 1.165) is 18.2 Å². The van der Waals surface area contributed by atoms with Gasteiger partial charge in [0.25, 0.3) is 17.5 Å². The number of likely N-dealkylation sites (tertiary alicyclic amines) is 1. The maximum atomic E-state index is 12.4. The van der Waals surface area contributed by atoms with Gasteiger partial charge in [-0.05, 0) is 31.0 Å². The van der Waals surface area contributed by atoms with Gasteiger partial charge in [0.05, 0.1) is 16.7 Å². The minimum absolute atomic E-state index is 0.0966. The summed E-state index contributed by atoms with van der Waals surface area (Å²) in [6.07, 6.45) is 2.42. The molecule has 1 aliphatic heterocycles. The van der Waals surface area contributed by atoms with Crippen LogP contribution < -0.4 is 5.32 Å². The quantitative estimate of drug-likeness (QED) is 0.589. The molecule has 1 aromatic carbocycles. The highest BCUT2D eigenvalue weighted by molar-refractivity contribution is 5.98. The molecule has 0 atom stereocenters. The number of carboxylic acid groups (broad SMARTS) is 1. The average molecular weight is 387 g/mol. The molecule has 2 amide bonds. The zero-order valence-electron chi connectivity index (χ0n) is 14.7. The van der Waals surface area contributed by atoms with Crippen LogP contribution in [0.1, 0.15) is 44.1 Å². The van der Waals surface area contributed by atoms with Crippen molar-refractivity contribution in [2.24, 2.45) is 0 Å². The van der Waals surface area contributed by atoms with E-state index in [-0.39, 0.29) is 28.8 Å². The number of nitrogens with one attached hydrogen (secondary N) is 1. The maximum Gasteiger partial charge on any atom is 0.335 e. The van der Waals surface area contributed by atoms with Crippen LogP contribution in [-0.2, 0) is 0 Å². The van der Waals surface area contributed by atoms with E-state index in [2.05, 4.69) is 5.32 Å². The number of carbonyl (C=O) groups excluding carboxylic acids is 2. The number of piperidine rings is 1. The summed E-state index contributed by atoms with van der Waals surface area (Å²) in [5.41, 5.74) is -0.900. The third kappa shape index (κ3) is 4.17. The van der Waals surface area contributed by atoms with Crippen molar-refractivity contribution in [3.05, 3.63) is 63.6 Å². The third-order valence-corrected chi connectivity index (χ3v) is 4.49. The van der Waals surface area contributed by atoms with Gasteiger partial charge >= 0.3 is 5.97 Å². The van der Waals surface area contributed by atoms with Crippen LogP contribution in [0.3, 0.4) is 0 Å². The summed E-state index contributed by atoms with van der Waals surface area (Å²) in [5.74, 6) is -1.93. The van der Waals surface area contributed by atoms with Crippen LogP contribution in [0, 0.1) is 10.1 Å². The average Bonchev–Trinajstić information content (AvgIpc) is 3.22. The fraction of sp³-hybridized carbons (Fsp3) is 0.278. The van der Waals surface area contributed by atoms with Crippen LogP contribution in [0.5, 0.6) is 0 Å². The van der Waals surface area contributed by atoms with Crippen LogP contribution in [-0.4, -0.2) is 51.8 Å². The Labute approximate surface area is 158 Å². The zero-order chi connectivity index (χ0) is 20.3. The number of hydrogen-bond donors (Lipinski definition) is 2. The molecule has 2 aromatic rings. The zero-order valence-corrected chi connectivity index (χ0v) is 14.7. The van der Waals surface area contributed by atoms with Gasteiger partial charge in [0.15, 0.2) is 5.76 Å². The second-order valence-electron chi connectivity index (χ2n) is 6.35. The molecular formula is C18H17N3O7. The lowest BCUT2D eigenvalue weighted by Gasteiger charge is -2.31. The molecule has 2 heterocycles. The van der Waals surface area contributed by atoms with Crippen molar-refractivity contribution in [3.63, 3.8) is 0 Å². The molecule has 1 aliphatic rings. The molecule has 0 saturated carbocycles. The number of carbonyl (C=O) groups is 3. The van der Waals surface area contributed by atoms with Crippen molar-refractivity contribution < 1.29 is 28.8 Å². The fourth-order valence-corrected chi connectivity index (χ4v) is 3.02. The number of nitro benzene ring substituents is 1. The number of nitrogens with zero attached hydrogens (tertiary/aromatic N) is 2. The van der Waals surface area contributed by atoms with E-state index in [1.165, 1.54) is 6.26 Å². The summed E-state index contributed by atoms with van der Waals surface area (Å²) in [6, 6.07) is 6.01. The predicted molar refractivity (Wildman–Crippen MR) is 95.2 cm³/mol. The number of amides is 2. The van der Waals surface area contributed by atoms with Crippen molar-refractivity contribution in [2.75, 3.05) is 13.1 Å². The highest BCUT2D eigenvalue weighted by Crippen LogP contribution is 2.19. The molecule has 1 saturated heterocycles. The summed E-state index contributed by atoms with van der Waals surface area (Å²) in [7, 11) is 0. The first-order valence-corrected chi connectivity index (χ1v) is 8.51. The van der Waals surface area contributed by atoms with E-state index < -0.39 is 22.5 Å². The molecule has 10 heteroatoms. The van der Waals surface area contributed by atoms with E-state index in [9.17, 15) is 24.5 Å². The van der Waals surface area contributed by atoms with Crippen LogP contribution in [0.4, 0.5) is 5.69 Å². The lowest BCUT2D eigenvalue weighted by molar-refractivity contribution is -0.384. The molecule has 0 bridgehead atoms. The first kappa shape index (κ1) is 19.1. The van der Waals surface area contributed by atoms with E-state index in [1.807, 2.05) is 0 Å². The van der Waals surface area contributed by atoms with Crippen LogP contribution in [0.15, 0.2) is 41.0 Å². The first-order valence-electron chi connectivity index (χ1n) is 8.51. The van der Waals surface area contributed by atoms with Gasteiger partial charge in [-0.15, -0.1) is 0 Å². The van der Waals surface area contributed by atoms with E-state index >= 15 is 0 Å². The Morgan fingerprint density at radius 3 is 2.43 bits per heavy atom.